The van der Waals surface area contributed by atoms with Crippen molar-refractivity contribution in [3.63, 3.8) is 0 Å². The van der Waals surface area contributed by atoms with E-state index in [2.05, 4.69) is 5.32 Å². The molecule has 1 aliphatic heterocycles. The summed E-state index contributed by atoms with van der Waals surface area (Å²) in [5.74, 6) is -8.55. The third-order valence-corrected chi connectivity index (χ3v) is 4.63. The standard InChI is InChI=1S/C19H15F5N2O2/c20-12-5-4-11(15(23)16(12)24)19(28)26-8-6-10(7-9-26)18(27)25-17-13(21)2-1-3-14(17)22/h1-5,10H,6-9H2,(H,25,27). The Bertz CT molecular complexity index is 907. The van der Waals surface area contributed by atoms with E-state index in [0.29, 0.717) is 6.07 Å². The van der Waals surface area contributed by atoms with Gasteiger partial charge in [-0.05, 0) is 37.1 Å². The maximum atomic E-state index is 13.8. The maximum Gasteiger partial charge on any atom is 0.256 e. The molecular formula is C19H15F5N2O2. The number of amides is 2. The second-order valence-electron chi connectivity index (χ2n) is 6.38. The van der Waals surface area contributed by atoms with Crippen molar-refractivity contribution >= 4 is 17.5 Å². The second-order valence-corrected chi connectivity index (χ2v) is 6.38. The van der Waals surface area contributed by atoms with E-state index >= 15 is 0 Å². The Morgan fingerprint density at radius 2 is 1.46 bits per heavy atom. The minimum atomic E-state index is -1.73. The van der Waals surface area contributed by atoms with Crippen LogP contribution in [0.25, 0.3) is 0 Å². The van der Waals surface area contributed by atoms with E-state index in [0.717, 1.165) is 18.2 Å². The third kappa shape index (κ3) is 3.83. The number of hydrogen-bond acceptors (Lipinski definition) is 2. The van der Waals surface area contributed by atoms with Crippen molar-refractivity contribution in [2.75, 3.05) is 18.4 Å². The molecule has 1 heterocycles. The lowest BCUT2D eigenvalue weighted by molar-refractivity contribution is -0.121. The molecule has 2 amide bonds. The van der Waals surface area contributed by atoms with Gasteiger partial charge in [0.1, 0.15) is 17.3 Å². The van der Waals surface area contributed by atoms with Gasteiger partial charge >= 0.3 is 0 Å². The zero-order valence-corrected chi connectivity index (χ0v) is 14.4. The number of para-hydroxylation sites is 1. The van der Waals surface area contributed by atoms with Crippen LogP contribution < -0.4 is 5.32 Å². The van der Waals surface area contributed by atoms with E-state index in [1.165, 1.54) is 11.0 Å². The van der Waals surface area contributed by atoms with Crippen LogP contribution in [-0.4, -0.2) is 29.8 Å². The van der Waals surface area contributed by atoms with Gasteiger partial charge in [0, 0.05) is 19.0 Å². The van der Waals surface area contributed by atoms with Crippen LogP contribution in [0.2, 0.25) is 0 Å². The summed E-state index contributed by atoms with van der Waals surface area (Å²) in [6.07, 6.45) is 0.331. The first-order valence-electron chi connectivity index (χ1n) is 8.47. The zero-order valence-electron chi connectivity index (χ0n) is 14.4. The first-order valence-corrected chi connectivity index (χ1v) is 8.47. The number of anilines is 1. The second kappa shape index (κ2) is 7.95. The monoisotopic (exact) mass is 398 g/mol. The highest BCUT2D eigenvalue weighted by atomic mass is 19.2. The lowest BCUT2D eigenvalue weighted by Crippen LogP contribution is -2.42. The molecule has 0 saturated carbocycles. The van der Waals surface area contributed by atoms with Gasteiger partial charge in [0.25, 0.3) is 5.91 Å². The summed E-state index contributed by atoms with van der Waals surface area (Å²) in [6, 6.07) is 4.71. The fourth-order valence-electron chi connectivity index (χ4n) is 3.05. The Labute approximate surface area is 156 Å². The summed E-state index contributed by atoms with van der Waals surface area (Å²) in [6.45, 7) is 0.101. The molecule has 9 heteroatoms. The molecule has 1 fully saturated rings. The topological polar surface area (TPSA) is 49.4 Å². The van der Waals surface area contributed by atoms with Gasteiger partial charge in [-0.2, -0.15) is 0 Å². The molecule has 3 rings (SSSR count). The number of carbonyl (C=O) groups is 2. The molecule has 4 nitrogen and oxygen atoms in total. The fourth-order valence-corrected chi connectivity index (χ4v) is 3.05. The van der Waals surface area contributed by atoms with E-state index in [4.69, 9.17) is 0 Å². The molecule has 1 aliphatic rings. The summed E-state index contributed by atoms with van der Waals surface area (Å²) < 4.78 is 67.4. The van der Waals surface area contributed by atoms with Gasteiger partial charge < -0.3 is 10.2 Å². The van der Waals surface area contributed by atoms with Crippen LogP contribution in [0, 0.1) is 35.0 Å². The van der Waals surface area contributed by atoms with Crippen LogP contribution in [0.1, 0.15) is 23.2 Å². The minimum absolute atomic E-state index is 0.0507. The van der Waals surface area contributed by atoms with Crippen LogP contribution in [-0.2, 0) is 4.79 Å². The molecule has 0 radical (unpaired) electrons. The van der Waals surface area contributed by atoms with Crippen molar-refractivity contribution in [1.82, 2.24) is 4.90 Å². The molecule has 0 unspecified atom stereocenters. The fraction of sp³-hybridized carbons (Fsp3) is 0.263. The Morgan fingerprint density at radius 3 is 2.07 bits per heavy atom. The van der Waals surface area contributed by atoms with Gasteiger partial charge in [0.2, 0.25) is 5.91 Å². The van der Waals surface area contributed by atoms with Crippen molar-refractivity contribution in [2.24, 2.45) is 5.92 Å². The summed E-state index contributed by atoms with van der Waals surface area (Å²) in [4.78, 5) is 25.8. The highest BCUT2D eigenvalue weighted by Gasteiger charge is 2.30. The van der Waals surface area contributed by atoms with E-state index in [9.17, 15) is 31.5 Å². The Morgan fingerprint density at radius 1 is 0.857 bits per heavy atom. The summed E-state index contributed by atoms with van der Waals surface area (Å²) >= 11 is 0. The number of piperidine rings is 1. The van der Waals surface area contributed by atoms with E-state index in [1.807, 2.05) is 0 Å². The third-order valence-electron chi connectivity index (χ3n) is 4.63. The normalized spacial score (nSPS) is 14.8. The molecule has 1 N–H and O–H groups in total. The van der Waals surface area contributed by atoms with E-state index in [-0.39, 0.29) is 25.9 Å². The maximum absolute atomic E-state index is 13.8. The number of nitrogens with one attached hydrogen (secondary N) is 1. The molecule has 0 atom stereocenters. The molecule has 148 valence electrons. The Hall–Kier alpha value is -2.97. The van der Waals surface area contributed by atoms with Crippen molar-refractivity contribution in [1.29, 1.82) is 0 Å². The van der Waals surface area contributed by atoms with Gasteiger partial charge in [-0.15, -0.1) is 0 Å². The molecule has 2 aromatic carbocycles. The number of halogens is 5. The van der Waals surface area contributed by atoms with E-state index < -0.39 is 58.1 Å². The minimum Gasteiger partial charge on any atom is -0.339 e. The van der Waals surface area contributed by atoms with Crippen LogP contribution in [0.15, 0.2) is 30.3 Å². The first-order chi connectivity index (χ1) is 13.3. The average molecular weight is 398 g/mol. The summed E-state index contributed by atoms with van der Waals surface area (Å²) in [5, 5.41) is 2.20. The van der Waals surface area contributed by atoms with Crippen LogP contribution >= 0.6 is 0 Å². The molecule has 0 aromatic heterocycles. The molecule has 0 spiro atoms. The SMILES string of the molecule is O=C(Nc1c(F)cccc1F)C1CCN(C(=O)c2ccc(F)c(F)c2F)CC1. The van der Waals surface area contributed by atoms with Crippen molar-refractivity contribution < 1.29 is 31.5 Å². The predicted molar refractivity (Wildman–Crippen MR) is 89.9 cm³/mol. The zero-order chi connectivity index (χ0) is 20.4. The number of benzene rings is 2. The number of hydrogen-bond donors (Lipinski definition) is 1. The molecule has 0 bridgehead atoms. The number of nitrogens with zero attached hydrogens (tertiary/aromatic N) is 1. The smallest absolute Gasteiger partial charge is 0.256 e. The Kier molecular flexibility index (Phi) is 5.62. The Balaban J connectivity index is 1.63. The molecule has 2 aromatic rings. The lowest BCUT2D eigenvalue weighted by atomic mass is 9.95. The van der Waals surface area contributed by atoms with Gasteiger partial charge in [0.05, 0.1) is 5.56 Å². The first kappa shape index (κ1) is 19.8. The lowest BCUT2D eigenvalue weighted by Gasteiger charge is -2.31. The molecule has 28 heavy (non-hydrogen) atoms. The quantitative estimate of drug-likeness (QED) is 0.630. The molecule has 0 aliphatic carbocycles. The highest BCUT2D eigenvalue weighted by Crippen LogP contribution is 2.24. The number of rotatable bonds is 3. The van der Waals surface area contributed by atoms with Gasteiger partial charge in [-0.1, -0.05) is 6.07 Å². The van der Waals surface area contributed by atoms with E-state index in [1.54, 1.807) is 0 Å². The largest absolute Gasteiger partial charge is 0.339 e. The van der Waals surface area contributed by atoms with Gasteiger partial charge in [0.15, 0.2) is 17.5 Å². The highest BCUT2D eigenvalue weighted by molar-refractivity contribution is 5.95. The van der Waals surface area contributed by atoms with Gasteiger partial charge in [-0.3, -0.25) is 9.59 Å². The van der Waals surface area contributed by atoms with Crippen molar-refractivity contribution in [3.8, 4) is 0 Å². The number of carbonyl (C=O) groups excluding carboxylic acids is 2. The van der Waals surface area contributed by atoms with Crippen molar-refractivity contribution in [2.45, 2.75) is 12.8 Å². The van der Waals surface area contributed by atoms with Crippen molar-refractivity contribution in [3.05, 3.63) is 65.0 Å². The summed E-state index contributed by atoms with van der Waals surface area (Å²) in [5.41, 5.74) is -1.15. The average Bonchev–Trinajstić information content (AvgIpc) is 2.69. The number of likely N-dealkylation sites (tertiary alicyclic amines) is 1. The van der Waals surface area contributed by atoms with Crippen LogP contribution in [0.3, 0.4) is 0 Å². The predicted octanol–water partition coefficient (Wildman–Crippen LogP) is 3.87. The van der Waals surface area contributed by atoms with Crippen LogP contribution in [0.5, 0.6) is 0 Å². The molecular weight excluding hydrogens is 383 g/mol. The molecule has 1 saturated heterocycles. The summed E-state index contributed by atoms with van der Waals surface area (Å²) in [7, 11) is 0. The van der Waals surface area contributed by atoms with Crippen LogP contribution in [0.4, 0.5) is 27.6 Å². The van der Waals surface area contributed by atoms with Gasteiger partial charge in [-0.25, -0.2) is 22.0 Å².